The summed E-state index contributed by atoms with van der Waals surface area (Å²) in [6, 6.07) is 14.4. The molecule has 0 saturated carbocycles. The van der Waals surface area contributed by atoms with Crippen molar-refractivity contribution in [3.05, 3.63) is 86.3 Å². The van der Waals surface area contributed by atoms with Crippen molar-refractivity contribution in [1.82, 2.24) is 19.2 Å². The van der Waals surface area contributed by atoms with Crippen LogP contribution in [0.3, 0.4) is 0 Å². The van der Waals surface area contributed by atoms with Gasteiger partial charge in [-0.2, -0.15) is 0 Å². The van der Waals surface area contributed by atoms with Gasteiger partial charge in [-0.3, -0.25) is 4.79 Å². The number of fused-ring (bicyclic) bond motifs is 5. The molecule has 0 unspecified atom stereocenters. The maximum Gasteiger partial charge on any atom is 0.268 e. The molecule has 1 aliphatic rings. The normalized spacial score (nSPS) is 15.8. The molecule has 0 amide bonds. The van der Waals surface area contributed by atoms with Crippen molar-refractivity contribution in [1.29, 1.82) is 0 Å². The molecule has 1 aliphatic heterocycles. The van der Waals surface area contributed by atoms with Crippen LogP contribution in [-0.2, 0) is 23.5 Å². The third kappa shape index (κ3) is 3.95. The number of aryl methyl sites for hydroxylation is 1. The molecular weight excluding hydrogens is 495 g/mol. The van der Waals surface area contributed by atoms with E-state index in [1.807, 2.05) is 35.6 Å². The van der Waals surface area contributed by atoms with Crippen molar-refractivity contribution in [3.8, 4) is 5.69 Å². The summed E-state index contributed by atoms with van der Waals surface area (Å²) < 4.78 is 23.2. The van der Waals surface area contributed by atoms with E-state index in [1.165, 1.54) is 23.9 Å². The van der Waals surface area contributed by atoms with Gasteiger partial charge in [0.2, 0.25) is 5.78 Å². The number of ether oxygens (including phenoxy) is 1. The second-order valence-corrected chi connectivity index (χ2v) is 11.5. The van der Waals surface area contributed by atoms with E-state index < -0.39 is 0 Å². The highest BCUT2D eigenvalue weighted by Crippen LogP contribution is 2.38. The first kappa shape index (κ1) is 23.4. The summed E-state index contributed by atoms with van der Waals surface area (Å²) in [6.07, 6.45) is 0.785. The molecule has 6 nitrogen and oxygen atoms in total. The van der Waals surface area contributed by atoms with E-state index in [-0.39, 0.29) is 17.5 Å². The van der Waals surface area contributed by atoms with Crippen molar-refractivity contribution >= 4 is 39.1 Å². The number of hydrogen-bond acceptors (Lipinski definition) is 6. The van der Waals surface area contributed by atoms with Gasteiger partial charge in [-0.1, -0.05) is 49.9 Å². The molecule has 9 heteroatoms. The molecule has 184 valence electrons. The standard InChI is InChI=1S/C27H25FN4O2S2/c1-15(2)21-12-20-22(13-34-21)36-25-23(20)24(33)31(19-6-4-5-16(3)11-19)26-29-30-27(32(25)26)35-14-17-7-9-18(28)10-8-17/h4-11,15,21H,12-14H2,1-3H3/t21-/m1/s1. The van der Waals surface area contributed by atoms with Crippen LogP contribution in [0.2, 0.25) is 0 Å². The van der Waals surface area contributed by atoms with Gasteiger partial charge in [0.05, 0.1) is 23.8 Å². The van der Waals surface area contributed by atoms with Crippen LogP contribution in [0.5, 0.6) is 0 Å². The van der Waals surface area contributed by atoms with E-state index in [1.54, 1.807) is 28.0 Å². The van der Waals surface area contributed by atoms with Crippen LogP contribution in [0, 0.1) is 18.7 Å². The number of halogens is 1. The number of nitrogens with zero attached hydrogens (tertiary/aromatic N) is 4. The Balaban J connectivity index is 1.58. The first-order valence-corrected chi connectivity index (χ1v) is 13.7. The Morgan fingerprint density at radius 1 is 1.19 bits per heavy atom. The summed E-state index contributed by atoms with van der Waals surface area (Å²) >= 11 is 3.11. The highest BCUT2D eigenvalue weighted by Gasteiger charge is 2.30. The predicted molar refractivity (Wildman–Crippen MR) is 142 cm³/mol. The Kier molecular flexibility index (Phi) is 5.94. The van der Waals surface area contributed by atoms with Crippen molar-refractivity contribution in [2.24, 2.45) is 5.92 Å². The lowest BCUT2D eigenvalue weighted by Crippen LogP contribution is -2.28. The zero-order valence-electron chi connectivity index (χ0n) is 20.2. The van der Waals surface area contributed by atoms with Crippen LogP contribution in [0.15, 0.2) is 58.5 Å². The maximum atomic E-state index is 14.1. The van der Waals surface area contributed by atoms with Gasteiger partial charge < -0.3 is 4.74 Å². The predicted octanol–water partition coefficient (Wildman–Crippen LogP) is 5.93. The average Bonchev–Trinajstić information content (AvgIpc) is 3.45. The summed E-state index contributed by atoms with van der Waals surface area (Å²) in [5.41, 5.74) is 3.81. The number of benzene rings is 2. The van der Waals surface area contributed by atoms with Crippen LogP contribution in [0.1, 0.15) is 35.4 Å². The summed E-state index contributed by atoms with van der Waals surface area (Å²) in [5, 5.41) is 10.4. The number of rotatable bonds is 5. The minimum absolute atomic E-state index is 0.0750. The highest BCUT2D eigenvalue weighted by atomic mass is 32.2. The van der Waals surface area contributed by atoms with E-state index in [0.717, 1.165) is 37.5 Å². The Hall–Kier alpha value is -3.01. The molecule has 5 aromatic rings. The molecule has 0 fully saturated rings. The molecule has 6 rings (SSSR count). The third-order valence-electron chi connectivity index (χ3n) is 6.63. The molecule has 0 radical (unpaired) electrons. The molecule has 36 heavy (non-hydrogen) atoms. The first-order valence-electron chi connectivity index (χ1n) is 11.9. The summed E-state index contributed by atoms with van der Waals surface area (Å²) in [7, 11) is 0. The van der Waals surface area contributed by atoms with Crippen LogP contribution in [-0.4, -0.2) is 25.3 Å². The van der Waals surface area contributed by atoms with Crippen LogP contribution < -0.4 is 5.56 Å². The smallest absolute Gasteiger partial charge is 0.268 e. The largest absolute Gasteiger partial charge is 0.372 e. The quantitative estimate of drug-likeness (QED) is 0.269. The van der Waals surface area contributed by atoms with E-state index in [9.17, 15) is 9.18 Å². The Morgan fingerprint density at radius 2 is 2.00 bits per heavy atom. The zero-order valence-corrected chi connectivity index (χ0v) is 21.8. The van der Waals surface area contributed by atoms with Crippen LogP contribution in [0.25, 0.3) is 21.7 Å². The molecule has 4 heterocycles. The molecule has 2 aromatic carbocycles. The summed E-state index contributed by atoms with van der Waals surface area (Å²) in [4.78, 5) is 16.0. The average molecular weight is 521 g/mol. The van der Waals surface area contributed by atoms with Gasteiger partial charge in [0.15, 0.2) is 5.16 Å². The van der Waals surface area contributed by atoms with Crippen LogP contribution in [0.4, 0.5) is 4.39 Å². The van der Waals surface area contributed by atoms with E-state index in [4.69, 9.17) is 4.74 Å². The lowest BCUT2D eigenvalue weighted by molar-refractivity contribution is 0.00200. The molecule has 1 atom stereocenters. The number of hydrogen-bond donors (Lipinski definition) is 0. The van der Waals surface area contributed by atoms with Crippen molar-refractivity contribution in [2.75, 3.05) is 0 Å². The first-order chi connectivity index (χ1) is 17.4. The Labute approximate surface area is 215 Å². The van der Waals surface area contributed by atoms with Crippen LogP contribution >= 0.6 is 23.1 Å². The van der Waals surface area contributed by atoms with Gasteiger partial charge in [-0.15, -0.1) is 21.5 Å². The van der Waals surface area contributed by atoms with Gasteiger partial charge in [-0.05, 0) is 53.8 Å². The topological polar surface area (TPSA) is 61.4 Å². The fourth-order valence-corrected chi connectivity index (χ4v) is 6.88. The van der Waals surface area contributed by atoms with Crippen molar-refractivity contribution in [3.63, 3.8) is 0 Å². The van der Waals surface area contributed by atoms with Gasteiger partial charge in [0.1, 0.15) is 10.6 Å². The summed E-state index contributed by atoms with van der Waals surface area (Å²) in [5.74, 6) is 1.19. The van der Waals surface area contributed by atoms with Gasteiger partial charge in [0, 0.05) is 17.1 Å². The number of thiophene rings is 1. The van der Waals surface area contributed by atoms with Crippen molar-refractivity contribution < 1.29 is 9.13 Å². The number of thioether (sulfide) groups is 1. The Bertz CT molecular complexity index is 1650. The maximum absolute atomic E-state index is 14.1. The highest BCUT2D eigenvalue weighted by molar-refractivity contribution is 7.98. The molecule has 0 N–H and O–H groups in total. The van der Waals surface area contributed by atoms with Gasteiger partial charge >= 0.3 is 0 Å². The second kappa shape index (κ2) is 9.14. The van der Waals surface area contributed by atoms with E-state index >= 15 is 0 Å². The zero-order chi connectivity index (χ0) is 25.0. The SMILES string of the molecule is Cc1cccc(-n2c(=O)c3c4c(sc3n3c(SCc5ccc(F)cc5)nnc23)CO[C@@H](C(C)C)C4)c1. The van der Waals surface area contributed by atoms with E-state index in [0.29, 0.717) is 35.6 Å². The minimum atomic E-state index is -0.258. The molecule has 0 aliphatic carbocycles. The van der Waals surface area contributed by atoms with Crippen molar-refractivity contribution in [2.45, 2.75) is 50.8 Å². The summed E-state index contributed by atoms with van der Waals surface area (Å²) in [6.45, 7) is 6.81. The fraction of sp³-hybridized carbons (Fsp3) is 0.296. The molecule has 0 bridgehead atoms. The number of aromatic nitrogens is 4. The van der Waals surface area contributed by atoms with Gasteiger partial charge in [0.25, 0.3) is 5.56 Å². The third-order valence-corrected chi connectivity index (χ3v) is 8.82. The molecular formula is C27H25FN4O2S2. The second-order valence-electron chi connectivity index (χ2n) is 9.49. The monoisotopic (exact) mass is 520 g/mol. The Morgan fingerprint density at radius 3 is 2.75 bits per heavy atom. The fourth-order valence-electron chi connectivity index (χ4n) is 4.69. The lowest BCUT2D eigenvalue weighted by atomic mass is 9.96. The van der Waals surface area contributed by atoms with E-state index in [2.05, 4.69) is 24.0 Å². The lowest BCUT2D eigenvalue weighted by Gasteiger charge is -2.26. The molecule has 0 spiro atoms. The van der Waals surface area contributed by atoms with Gasteiger partial charge in [-0.25, -0.2) is 13.4 Å². The molecule has 0 saturated heterocycles. The molecule has 3 aromatic heterocycles. The minimum Gasteiger partial charge on any atom is -0.372 e.